The van der Waals surface area contributed by atoms with Crippen molar-refractivity contribution in [3.05, 3.63) is 30.1 Å². The van der Waals surface area contributed by atoms with Gasteiger partial charge in [-0.25, -0.2) is 4.39 Å². The summed E-state index contributed by atoms with van der Waals surface area (Å²) in [5, 5.41) is 2.56. The van der Waals surface area contributed by atoms with E-state index >= 15 is 0 Å². The quantitative estimate of drug-likeness (QED) is 0.804. The maximum Gasteiger partial charge on any atom is 0.238 e. The highest BCUT2D eigenvalue weighted by Gasteiger charge is 2.12. The zero-order chi connectivity index (χ0) is 15.1. The van der Waals surface area contributed by atoms with E-state index in [0.29, 0.717) is 5.92 Å². The highest BCUT2D eigenvalue weighted by Crippen LogP contribution is 2.12. The van der Waals surface area contributed by atoms with Gasteiger partial charge < -0.3 is 11.1 Å². The summed E-state index contributed by atoms with van der Waals surface area (Å²) < 4.78 is 13.4. The molecule has 0 saturated carbocycles. The lowest BCUT2D eigenvalue weighted by Crippen LogP contribution is -2.35. The predicted octanol–water partition coefficient (Wildman–Crippen LogP) is 2.07. The smallest absolute Gasteiger partial charge is 0.238 e. The van der Waals surface area contributed by atoms with Gasteiger partial charge in [0.25, 0.3) is 0 Å². The van der Waals surface area contributed by atoms with Crippen molar-refractivity contribution in [2.75, 3.05) is 25.5 Å². The number of nitrogens with two attached hydrogens (primary N) is 1. The van der Waals surface area contributed by atoms with Crippen LogP contribution in [0.15, 0.2) is 24.3 Å². The Balaban J connectivity index is 2.37. The first kappa shape index (κ1) is 16.6. The Labute approximate surface area is 120 Å². The average molecular weight is 281 g/mol. The standard InChI is InChI=1S/C15H24FN3O/c1-11(2)13(17)8-9-19(3)10-15(20)18-14-7-5-4-6-12(14)16/h4-7,11,13H,8-10,17H2,1-3H3,(H,18,20). The topological polar surface area (TPSA) is 58.4 Å². The van der Waals surface area contributed by atoms with Gasteiger partial charge in [-0.15, -0.1) is 0 Å². The van der Waals surface area contributed by atoms with Crippen molar-refractivity contribution in [1.82, 2.24) is 4.90 Å². The van der Waals surface area contributed by atoms with Gasteiger partial charge in [-0.05, 0) is 38.1 Å². The Hall–Kier alpha value is -1.46. The summed E-state index contributed by atoms with van der Waals surface area (Å²) in [5.74, 6) is -0.225. The fourth-order valence-corrected chi connectivity index (χ4v) is 1.78. The van der Waals surface area contributed by atoms with E-state index in [2.05, 4.69) is 19.2 Å². The second-order valence-electron chi connectivity index (χ2n) is 5.46. The minimum Gasteiger partial charge on any atom is -0.327 e. The van der Waals surface area contributed by atoms with Crippen molar-refractivity contribution in [2.24, 2.45) is 11.7 Å². The molecule has 0 aliphatic rings. The van der Waals surface area contributed by atoms with Gasteiger partial charge in [0, 0.05) is 6.04 Å². The summed E-state index contributed by atoms with van der Waals surface area (Å²) in [6, 6.07) is 6.27. The maximum absolute atomic E-state index is 13.4. The number of anilines is 1. The molecule has 0 aliphatic carbocycles. The number of hydrogen-bond acceptors (Lipinski definition) is 3. The highest BCUT2D eigenvalue weighted by atomic mass is 19.1. The lowest BCUT2D eigenvalue weighted by Gasteiger charge is -2.21. The van der Waals surface area contributed by atoms with Crippen LogP contribution >= 0.6 is 0 Å². The Morgan fingerprint density at radius 3 is 2.65 bits per heavy atom. The number of halogens is 1. The molecule has 1 aromatic rings. The van der Waals surface area contributed by atoms with E-state index < -0.39 is 5.82 Å². The fraction of sp³-hybridized carbons (Fsp3) is 0.533. The van der Waals surface area contributed by atoms with Crippen LogP contribution in [0.25, 0.3) is 0 Å². The molecule has 5 heteroatoms. The fourth-order valence-electron chi connectivity index (χ4n) is 1.78. The third kappa shape index (κ3) is 5.67. The van der Waals surface area contributed by atoms with E-state index in [0.717, 1.165) is 13.0 Å². The molecule has 0 spiro atoms. The molecule has 0 fully saturated rings. The average Bonchev–Trinajstić information content (AvgIpc) is 2.38. The van der Waals surface area contributed by atoms with Gasteiger partial charge in [-0.3, -0.25) is 9.69 Å². The van der Waals surface area contributed by atoms with Crippen LogP contribution in [0, 0.1) is 11.7 Å². The van der Waals surface area contributed by atoms with Crippen LogP contribution in [-0.4, -0.2) is 37.0 Å². The third-order valence-corrected chi connectivity index (χ3v) is 3.26. The van der Waals surface area contributed by atoms with E-state index in [9.17, 15) is 9.18 Å². The number of carbonyl (C=O) groups excluding carboxylic acids is 1. The zero-order valence-corrected chi connectivity index (χ0v) is 12.4. The first-order chi connectivity index (χ1) is 9.40. The second-order valence-corrected chi connectivity index (χ2v) is 5.46. The summed E-state index contributed by atoms with van der Waals surface area (Å²) in [6.07, 6.45) is 0.834. The van der Waals surface area contributed by atoms with Crippen LogP contribution < -0.4 is 11.1 Å². The van der Waals surface area contributed by atoms with Crippen LogP contribution in [0.2, 0.25) is 0 Å². The number of benzene rings is 1. The summed E-state index contributed by atoms with van der Waals surface area (Å²) in [4.78, 5) is 13.7. The molecule has 112 valence electrons. The van der Waals surface area contributed by atoms with Crippen LogP contribution in [0.3, 0.4) is 0 Å². The van der Waals surface area contributed by atoms with Crippen molar-refractivity contribution in [3.8, 4) is 0 Å². The molecule has 1 aromatic carbocycles. The lowest BCUT2D eigenvalue weighted by molar-refractivity contribution is -0.117. The van der Waals surface area contributed by atoms with Crippen LogP contribution in [0.4, 0.5) is 10.1 Å². The lowest BCUT2D eigenvalue weighted by atomic mass is 10.0. The van der Waals surface area contributed by atoms with Crippen LogP contribution in [0.1, 0.15) is 20.3 Å². The van der Waals surface area contributed by atoms with Gasteiger partial charge in [0.05, 0.1) is 12.2 Å². The summed E-state index contributed by atoms with van der Waals surface area (Å²) >= 11 is 0. The van der Waals surface area contributed by atoms with E-state index in [-0.39, 0.29) is 24.2 Å². The molecule has 0 radical (unpaired) electrons. The minimum absolute atomic E-state index is 0.132. The molecule has 20 heavy (non-hydrogen) atoms. The Bertz CT molecular complexity index is 437. The van der Waals surface area contributed by atoms with E-state index in [1.807, 2.05) is 11.9 Å². The second kappa shape index (κ2) is 7.97. The minimum atomic E-state index is -0.426. The highest BCUT2D eigenvalue weighted by molar-refractivity contribution is 5.92. The Kier molecular flexibility index (Phi) is 6.61. The molecular formula is C15H24FN3O. The molecule has 3 N–H and O–H groups in total. The van der Waals surface area contributed by atoms with Crippen LogP contribution in [-0.2, 0) is 4.79 Å². The normalized spacial score (nSPS) is 12.8. The molecule has 0 heterocycles. The molecule has 1 atom stereocenters. The zero-order valence-electron chi connectivity index (χ0n) is 12.4. The molecule has 1 rings (SSSR count). The molecule has 0 aromatic heterocycles. The van der Waals surface area contributed by atoms with Gasteiger partial charge in [0.1, 0.15) is 5.82 Å². The third-order valence-electron chi connectivity index (χ3n) is 3.26. The molecule has 0 bridgehead atoms. The first-order valence-electron chi connectivity index (χ1n) is 6.88. The Morgan fingerprint density at radius 1 is 1.40 bits per heavy atom. The number of nitrogens with one attached hydrogen (secondary N) is 1. The summed E-state index contributed by atoms with van der Waals surface area (Å²) in [7, 11) is 1.86. The van der Waals surface area contributed by atoms with Gasteiger partial charge in [-0.2, -0.15) is 0 Å². The first-order valence-corrected chi connectivity index (χ1v) is 6.88. The maximum atomic E-state index is 13.4. The van der Waals surface area contributed by atoms with Crippen molar-refractivity contribution in [1.29, 1.82) is 0 Å². The van der Waals surface area contributed by atoms with E-state index in [4.69, 9.17) is 5.73 Å². The summed E-state index contributed by atoms with van der Waals surface area (Å²) in [5.41, 5.74) is 6.17. The molecule has 1 unspecified atom stereocenters. The van der Waals surface area contributed by atoms with Crippen molar-refractivity contribution in [3.63, 3.8) is 0 Å². The van der Waals surface area contributed by atoms with Gasteiger partial charge in [-0.1, -0.05) is 26.0 Å². The van der Waals surface area contributed by atoms with Crippen molar-refractivity contribution >= 4 is 11.6 Å². The van der Waals surface area contributed by atoms with Crippen molar-refractivity contribution in [2.45, 2.75) is 26.3 Å². The van der Waals surface area contributed by atoms with Crippen LogP contribution in [0.5, 0.6) is 0 Å². The largest absolute Gasteiger partial charge is 0.327 e. The number of nitrogens with zero attached hydrogens (tertiary/aromatic N) is 1. The molecule has 0 aliphatic heterocycles. The van der Waals surface area contributed by atoms with E-state index in [1.54, 1.807) is 18.2 Å². The summed E-state index contributed by atoms with van der Waals surface area (Å²) in [6.45, 7) is 5.12. The molecule has 0 saturated heterocycles. The SMILES string of the molecule is CC(C)C(N)CCN(C)CC(=O)Nc1ccccc1F. The monoisotopic (exact) mass is 281 g/mol. The predicted molar refractivity (Wildman–Crippen MR) is 80.0 cm³/mol. The Morgan fingerprint density at radius 2 is 2.05 bits per heavy atom. The van der Waals surface area contributed by atoms with Crippen molar-refractivity contribution < 1.29 is 9.18 Å². The molecule has 4 nitrogen and oxygen atoms in total. The number of amides is 1. The number of hydrogen-bond donors (Lipinski definition) is 2. The number of likely N-dealkylation sites (N-methyl/N-ethyl adjacent to an activating group) is 1. The number of rotatable bonds is 7. The molecule has 1 amide bonds. The number of para-hydroxylation sites is 1. The number of carbonyl (C=O) groups is 1. The molecular weight excluding hydrogens is 257 g/mol. The van der Waals surface area contributed by atoms with Gasteiger partial charge >= 0.3 is 0 Å². The van der Waals surface area contributed by atoms with E-state index in [1.165, 1.54) is 6.07 Å². The van der Waals surface area contributed by atoms with Gasteiger partial charge in [0.15, 0.2) is 0 Å². The van der Waals surface area contributed by atoms with Gasteiger partial charge in [0.2, 0.25) is 5.91 Å².